The first-order chi connectivity index (χ1) is 6.05. The monoisotopic (exact) mass is 182 g/mol. The van der Waals surface area contributed by atoms with Gasteiger partial charge >= 0.3 is 5.92 Å². The topological polar surface area (TPSA) is 34.1 Å². The minimum Gasteiger partial charge on any atom is -0.285 e. The van der Waals surface area contributed by atoms with Gasteiger partial charge in [0.1, 0.15) is 0 Å². The Balaban J connectivity index is 2.75. The lowest BCUT2D eigenvalue weighted by atomic mass is 10.1. The smallest absolute Gasteiger partial charge is 0.285 e. The van der Waals surface area contributed by atoms with Crippen LogP contribution in [0.1, 0.15) is 15.9 Å². The summed E-state index contributed by atoms with van der Waals surface area (Å²) in [6.45, 7) is 0. The number of rotatable bonds is 0. The molecule has 0 N–H and O–H groups in total. The summed E-state index contributed by atoms with van der Waals surface area (Å²) >= 11 is 0. The second kappa shape index (κ2) is 2.22. The van der Waals surface area contributed by atoms with Crippen molar-refractivity contribution in [1.29, 1.82) is 0 Å². The van der Waals surface area contributed by atoms with E-state index in [9.17, 15) is 18.4 Å². The molecule has 1 aromatic carbocycles. The molecule has 0 atom stereocenters. The van der Waals surface area contributed by atoms with Crippen LogP contribution < -0.4 is 0 Å². The minimum absolute atomic E-state index is 0.183. The summed E-state index contributed by atoms with van der Waals surface area (Å²) in [5, 5.41) is 0. The fourth-order valence-corrected chi connectivity index (χ4v) is 1.34. The van der Waals surface area contributed by atoms with Gasteiger partial charge in [0.2, 0.25) is 5.78 Å². The van der Waals surface area contributed by atoms with Gasteiger partial charge in [-0.1, -0.05) is 24.3 Å². The van der Waals surface area contributed by atoms with Gasteiger partial charge in [0.15, 0.2) is 0 Å². The van der Waals surface area contributed by atoms with Crippen LogP contribution in [0, 0.1) is 0 Å². The Kier molecular flexibility index (Phi) is 1.37. The highest BCUT2D eigenvalue weighted by atomic mass is 19.3. The van der Waals surface area contributed by atoms with E-state index >= 15 is 0 Å². The fraction of sp³-hybridized carbons (Fsp3) is 0.111. The van der Waals surface area contributed by atoms with E-state index in [0.717, 1.165) is 6.07 Å². The molecule has 0 saturated carbocycles. The van der Waals surface area contributed by atoms with Gasteiger partial charge in [0, 0.05) is 11.1 Å². The molecule has 1 aliphatic carbocycles. The molecule has 0 amide bonds. The normalized spacial score (nSPS) is 18.9. The van der Waals surface area contributed by atoms with Gasteiger partial charge in [-0.15, -0.1) is 0 Å². The van der Waals surface area contributed by atoms with E-state index in [2.05, 4.69) is 0 Å². The lowest BCUT2D eigenvalue weighted by Crippen LogP contribution is -2.23. The second-order valence-electron chi connectivity index (χ2n) is 2.78. The molecule has 2 rings (SSSR count). The molecule has 0 heterocycles. The van der Waals surface area contributed by atoms with Crippen molar-refractivity contribution in [2.75, 3.05) is 0 Å². The molecule has 13 heavy (non-hydrogen) atoms. The van der Waals surface area contributed by atoms with Gasteiger partial charge in [-0.2, -0.15) is 8.78 Å². The number of ketones is 2. The summed E-state index contributed by atoms with van der Waals surface area (Å²) in [5.74, 6) is -6.36. The number of halogens is 2. The Bertz CT molecular complexity index is 410. The van der Waals surface area contributed by atoms with Gasteiger partial charge in [-0.25, -0.2) is 0 Å². The van der Waals surface area contributed by atoms with Crippen LogP contribution in [-0.2, 0) is 10.7 Å². The lowest BCUT2D eigenvalue weighted by Gasteiger charge is -2.05. The number of fused-ring (bicyclic) bond motifs is 1. The minimum atomic E-state index is -3.63. The molecule has 0 saturated heterocycles. The fourth-order valence-electron chi connectivity index (χ4n) is 1.34. The van der Waals surface area contributed by atoms with Crippen LogP contribution in [0.4, 0.5) is 8.78 Å². The number of carbonyl (C=O) groups excluding carboxylic acids is 2. The largest absolute Gasteiger partial charge is 0.339 e. The maximum absolute atomic E-state index is 13.0. The average Bonchev–Trinajstić information content (AvgIpc) is 2.30. The second-order valence-corrected chi connectivity index (χ2v) is 2.78. The van der Waals surface area contributed by atoms with Crippen molar-refractivity contribution < 1.29 is 18.4 Å². The van der Waals surface area contributed by atoms with Crippen molar-refractivity contribution in [3.63, 3.8) is 0 Å². The van der Waals surface area contributed by atoms with Crippen molar-refractivity contribution in [3.8, 4) is 0 Å². The van der Waals surface area contributed by atoms with E-state index in [1.807, 2.05) is 0 Å². The average molecular weight is 182 g/mol. The quantitative estimate of drug-likeness (QED) is 0.570. The Morgan fingerprint density at radius 2 is 1.69 bits per heavy atom. The van der Waals surface area contributed by atoms with Crippen LogP contribution in [0.15, 0.2) is 24.3 Å². The predicted molar refractivity (Wildman–Crippen MR) is 39.7 cm³/mol. The molecule has 0 aromatic heterocycles. The predicted octanol–water partition coefficient (Wildman–Crippen LogP) is 1.54. The van der Waals surface area contributed by atoms with Crippen molar-refractivity contribution >= 4 is 11.6 Å². The van der Waals surface area contributed by atoms with E-state index in [1.54, 1.807) is 0 Å². The molecule has 66 valence electrons. The number of hydrogen-bond acceptors (Lipinski definition) is 2. The SMILES string of the molecule is O=C1C(=O)C(F)(F)c2ccccc21. The molecule has 0 radical (unpaired) electrons. The first kappa shape index (κ1) is 8.04. The van der Waals surface area contributed by atoms with Crippen molar-refractivity contribution in [2.45, 2.75) is 5.92 Å². The summed E-state index contributed by atoms with van der Waals surface area (Å²) in [5.41, 5.74) is -0.664. The lowest BCUT2D eigenvalue weighted by molar-refractivity contribution is -0.137. The Morgan fingerprint density at radius 3 is 2.31 bits per heavy atom. The highest BCUT2D eigenvalue weighted by molar-refractivity contribution is 6.49. The third kappa shape index (κ3) is 0.854. The first-order valence-corrected chi connectivity index (χ1v) is 3.61. The molecule has 4 heteroatoms. The highest BCUT2D eigenvalue weighted by Crippen LogP contribution is 2.38. The number of benzene rings is 1. The van der Waals surface area contributed by atoms with Crippen molar-refractivity contribution in [2.24, 2.45) is 0 Å². The summed E-state index contributed by atoms with van der Waals surface area (Å²) in [6.07, 6.45) is 0. The summed E-state index contributed by atoms with van der Waals surface area (Å²) in [6, 6.07) is 5.15. The van der Waals surface area contributed by atoms with E-state index in [-0.39, 0.29) is 5.56 Å². The molecule has 0 fully saturated rings. The molecule has 0 bridgehead atoms. The van der Waals surface area contributed by atoms with Crippen molar-refractivity contribution in [1.82, 2.24) is 0 Å². The molecule has 2 nitrogen and oxygen atoms in total. The molecule has 0 unspecified atom stereocenters. The van der Waals surface area contributed by atoms with Gasteiger partial charge in [-0.05, 0) is 0 Å². The molecular formula is C9H4F2O2. The first-order valence-electron chi connectivity index (χ1n) is 3.61. The van der Waals surface area contributed by atoms with Crippen LogP contribution in [0.3, 0.4) is 0 Å². The van der Waals surface area contributed by atoms with Gasteiger partial charge in [-0.3, -0.25) is 9.59 Å². The zero-order valence-corrected chi connectivity index (χ0v) is 6.38. The molecule has 0 spiro atoms. The maximum Gasteiger partial charge on any atom is 0.339 e. The Hall–Kier alpha value is -1.58. The summed E-state index contributed by atoms with van der Waals surface area (Å²) in [7, 11) is 0. The van der Waals surface area contributed by atoms with E-state index in [4.69, 9.17) is 0 Å². The van der Waals surface area contributed by atoms with E-state index < -0.39 is 23.1 Å². The Morgan fingerprint density at radius 1 is 1.08 bits per heavy atom. The molecule has 0 aliphatic heterocycles. The van der Waals surface area contributed by atoms with Crippen molar-refractivity contribution in [3.05, 3.63) is 35.4 Å². The van der Waals surface area contributed by atoms with Crippen LogP contribution in [-0.4, -0.2) is 11.6 Å². The molecular weight excluding hydrogens is 178 g/mol. The Labute approximate surface area is 72.2 Å². The number of carbonyl (C=O) groups is 2. The van der Waals surface area contributed by atoms with Crippen LogP contribution in [0.25, 0.3) is 0 Å². The highest BCUT2D eigenvalue weighted by Gasteiger charge is 2.53. The van der Waals surface area contributed by atoms with Gasteiger partial charge in [0.05, 0.1) is 0 Å². The summed E-state index contributed by atoms with van der Waals surface area (Å²) < 4.78 is 26.0. The summed E-state index contributed by atoms with van der Waals surface area (Å²) in [4.78, 5) is 21.8. The van der Waals surface area contributed by atoms with E-state index in [0.29, 0.717) is 0 Å². The van der Waals surface area contributed by atoms with Gasteiger partial charge in [0.25, 0.3) is 5.78 Å². The van der Waals surface area contributed by atoms with Crippen LogP contribution in [0.2, 0.25) is 0 Å². The standard InChI is InChI=1S/C9H4F2O2/c10-9(11)6-4-2-1-3-5(6)7(12)8(9)13/h1-4H. The molecule has 1 aliphatic rings. The van der Waals surface area contributed by atoms with E-state index in [1.165, 1.54) is 18.2 Å². The third-order valence-corrected chi connectivity index (χ3v) is 2.00. The van der Waals surface area contributed by atoms with Crippen LogP contribution in [0.5, 0.6) is 0 Å². The number of hydrogen-bond donors (Lipinski definition) is 0. The number of alkyl halides is 2. The maximum atomic E-state index is 13.0. The zero-order valence-electron chi connectivity index (χ0n) is 6.38. The van der Waals surface area contributed by atoms with Crippen LogP contribution >= 0.6 is 0 Å². The third-order valence-electron chi connectivity index (χ3n) is 2.00. The van der Waals surface area contributed by atoms with Gasteiger partial charge < -0.3 is 0 Å². The number of Topliss-reactive ketones (excluding diaryl/α,β-unsaturated/α-hetero) is 2. The zero-order chi connectivity index (χ0) is 9.64. The molecule has 1 aromatic rings.